The molecular formula is C24H23N5O3. The highest BCUT2D eigenvalue weighted by Crippen LogP contribution is 2.27. The molecule has 162 valence electrons. The van der Waals surface area contributed by atoms with E-state index in [9.17, 15) is 14.4 Å². The van der Waals surface area contributed by atoms with Crippen LogP contribution in [0.4, 0.5) is 4.79 Å². The van der Waals surface area contributed by atoms with Gasteiger partial charge in [0, 0.05) is 19.1 Å². The van der Waals surface area contributed by atoms with Crippen molar-refractivity contribution in [3.05, 3.63) is 72.1 Å². The van der Waals surface area contributed by atoms with Gasteiger partial charge in [-0.05, 0) is 38.0 Å². The van der Waals surface area contributed by atoms with Crippen LogP contribution in [0, 0.1) is 12.8 Å². The fourth-order valence-electron chi connectivity index (χ4n) is 4.54. The molecule has 0 N–H and O–H groups in total. The number of imide groups is 1. The average molecular weight is 429 g/mol. The average Bonchev–Trinajstić information content (AvgIpc) is 3.21. The number of aromatic nitrogens is 2. The second-order valence-electron chi connectivity index (χ2n) is 8.16. The molecule has 2 aromatic rings. The topological polar surface area (TPSA) is 87.9 Å². The van der Waals surface area contributed by atoms with Gasteiger partial charge in [0.15, 0.2) is 0 Å². The van der Waals surface area contributed by atoms with Crippen LogP contribution in [0.5, 0.6) is 0 Å². The van der Waals surface area contributed by atoms with Gasteiger partial charge < -0.3 is 4.90 Å². The first kappa shape index (κ1) is 20.1. The number of para-hydroxylation sites is 1. The Morgan fingerprint density at radius 3 is 2.56 bits per heavy atom. The second-order valence-corrected chi connectivity index (χ2v) is 8.16. The van der Waals surface area contributed by atoms with E-state index >= 15 is 0 Å². The lowest BCUT2D eigenvalue weighted by atomic mass is 9.93. The predicted molar refractivity (Wildman–Crippen MR) is 119 cm³/mol. The molecule has 1 fully saturated rings. The zero-order chi connectivity index (χ0) is 22.2. The molecule has 2 aliphatic heterocycles. The Bertz CT molecular complexity index is 1170. The lowest BCUT2D eigenvalue weighted by Gasteiger charge is -2.39. The first-order valence-electron chi connectivity index (χ1n) is 10.7. The van der Waals surface area contributed by atoms with Gasteiger partial charge in [0.1, 0.15) is 0 Å². The molecule has 0 saturated carbocycles. The number of aliphatic imine (C=N–C) groups is 1. The fraction of sp³-hybridized carbons (Fsp3) is 0.292. The number of nitrogens with zero attached hydrogens (tertiary/aromatic N) is 5. The number of hydrogen-bond acceptors (Lipinski definition) is 4. The number of allylic oxidation sites excluding steroid dienone is 3. The molecule has 0 bridgehead atoms. The molecule has 1 atom stereocenters. The molecule has 0 radical (unpaired) electrons. The molecule has 3 aliphatic rings. The minimum absolute atomic E-state index is 0.0833. The smallest absolute Gasteiger partial charge is 0.338 e. The summed E-state index contributed by atoms with van der Waals surface area (Å²) in [6.07, 6.45) is 9.72. The minimum Gasteiger partial charge on any atom is -0.338 e. The molecule has 1 aromatic heterocycles. The van der Waals surface area contributed by atoms with E-state index in [4.69, 9.17) is 0 Å². The van der Waals surface area contributed by atoms with Crippen LogP contribution < -0.4 is 0 Å². The van der Waals surface area contributed by atoms with Gasteiger partial charge in [-0.25, -0.2) is 9.48 Å². The maximum Gasteiger partial charge on any atom is 0.350 e. The van der Waals surface area contributed by atoms with Gasteiger partial charge in [-0.2, -0.15) is 10.1 Å². The summed E-state index contributed by atoms with van der Waals surface area (Å²) < 4.78 is 1.76. The van der Waals surface area contributed by atoms with Crippen LogP contribution in [-0.2, 0) is 4.79 Å². The van der Waals surface area contributed by atoms with Crippen molar-refractivity contribution in [2.24, 2.45) is 10.9 Å². The quantitative estimate of drug-likeness (QED) is 0.751. The largest absolute Gasteiger partial charge is 0.350 e. The molecule has 1 saturated heterocycles. The summed E-state index contributed by atoms with van der Waals surface area (Å²) in [6.45, 7) is 2.81. The Hall–Kier alpha value is -3.81. The summed E-state index contributed by atoms with van der Waals surface area (Å²) in [6, 6.07) is 8.91. The Kier molecular flexibility index (Phi) is 5.05. The van der Waals surface area contributed by atoms with Crippen molar-refractivity contribution in [3.8, 4) is 5.69 Å². The summed E-state index contributed by atoms with van der Waals surface area (Å²) in [5.74, 6) is -0.811. The van der Waals surface area contributed by atoms with Crippen molar-refractivity contribution in [2.45, 2.75) is 25.8 Å². The summed E-state index contributed by atoms with van der Waals surface area (Å²) in [4.78, 5) is 45.8. The summed E-state index contributed by atoms with van der Waals surface area (Å²) in [5.41, 5.74) is 2.74. The number of likely N-dealkylation sites (tertiary alicyclic amines) is 1. The number of urea groups is 1. The second kappa shape index (κ2) is 8.03. The maximum atomic E-state index is 13.2. The molecule has 8 nitrogen and oxygen atoms in total. The van der Waals surface area contributed by atoms with E-state index < -0.39 is 11.9 Å². The Labute approximate surface area is 185 Å². The van der Waals surface area contributed by atoms with Crippen LogP contribution in [-0.4, -0.2) is 62.3 Å². The number of piperidine rings is 1. The van der Waals surface area contributed by atoms with Crippen molar-refractivity contribution in [2.75, 3.05) is 13.1 Å². The van der Waals surface area contributed by atoms with Gasteiger partial charge in [-0.3, -0.25) is 14.5 Å². The molecule has 5 rings (SSSR count). The summed E-state index contributed by atoms with van der Waals surface area (Å²) in [5, 5.41) is 4.39. The number of carbonyl (C=O) groups is 3. The zero-order valence-electron chi connectivity index (χ0n) is 17.7. The van der Waals surface area contributed by atoms with Crippen molar-refractivity contribution in [3.63, 3.8) is 0 Å². The lowest BCUT2D eigenvalue weighted by molar-refractivity contribution is -0.131. The first-order chi connectivity index (χ1) is 15.5. The molecule has 3 heterocycles. The van der Waals surface area contributed by atoms with Crippen LogP contribution in [0.15, 0.2) is 65.8 Å². The minimum atomic E-state index is -0.508. The van der Waals surface area contributed by atoms with Gasteiger partial charge in [0.05, 0.1) is 34.8 Å². The van der Waals surface area contributed by atoms with Gasteiger partial charge in [0.25, 0.3) is 5.91 Å². The van der Waals surface area contributed by atoms with E-state index in [2.05, 4.69) is 10.1 Å². The van der Waals surface area contributed by atoms with Gasteiger partial charge in [-0.1, -0.05) is 36.4 Å². The third-order valence-electron chi connectivity index (χ3n) is 6.29. The van der Waals surface area contributed by atoms with E-state index in [0.717, 1.165) is 11.4 Å². The fourth-order valence-corrected chi connectivity index (χ4v) is 4.54. The van der Waals surface area contributed by atoms with E-state index in [-0.39, 0.29) is 17.9 Å². The van der Waals surface area contributed by atoms with Crippen LogP contribution in [0.3, 0.4) is 0 Å². The Morgan fingerprint density at radius 2 is 1.81 bits per heavy atom. The van der Waals surface area contributed by atoms with E-state index in [1.807, 2.05) is 37.3 Å². The maximum absolute atomic E-state index is 13.2. The van der Waals surface area contributed by atoms with Gasteiger partial charge in [0.2, 0.25) is 5.91 Å². The van der Waals surface area contributed by atoms with Crippen molar-refractivity contribution in [1.29, 1.82) is 0 Å². The highest BCUT2D eigenvalue weighted by Gasteiger charge is 2.41. The summed E-state index contributed by atoms with van der Waals surface area (Å²) in [7, 11) is 0. The van der Waals surface area contributed by atoms with Crippen LogP contribution in [0.2, 0.25) is 0 Å². The normalized spacial score (nSPS) is 21.0. The molecular weight excluding hydrogens is 406 g/mol. The number of fused-ring (bicyclic) bond motifs is 1. The number of benzene rings is 1. The highest BCUT2D eigenvalue weighted by molar-refractivity contribution is 6.21. The number of carbonyl (C=O) groups excluding carboxylic acids is 3. The Balaban J connectivity index is 1.28. The molecule has 8 heteroatoms. The van der Waals surface area contributed by atoms with Crippen molar-refractivity contribution in [1.82, 2.24) is 19.6 Å². The third-order valence-corrected chi connectivity index (χ3v) is 6.29. The highest BCUT2D eigenvalue weighted by atomic mass is 16.2. The first-order valence-corrected chi connectivity index (χ1v) is 10.7. The molecule has 1 aliphatic carbocycles. The van der Waals surface area contributed by atoms with Gasteiger partial charge >= 0.3 is 6.03 Å². The third kappa shape index (κ3) is 3.37. The van der Waals surface area contributed by atoms with Crippen LogP contribution in [0.1, 0.15) is 28.9 Å². The predicted octanol–water partition coefficient (Wildman–Crippen LogP) is 2.93. The Morgan fingerprint density at radius 1 is 1.06 bits per heavy atom. The number of amides is 4. The lowest BCUT2D eigenvalue weighted by Crippen LogP contribution is -2.54. The number of hydrogen-bond donors (Lipinski definition) is 0. The van der Waals surface area contributed by atoms with Gasteiger partial charge in [-0.15, -0.1) is 0 Å². The van der Waals surface area contributed by atoms with E-state index in [1.165, 1.54) is 4.90 Å². The molecule has 0 spiro atoms. The van der Waals surface area contributed by atoms with Crippen LogP contribution >= 0.6 is 0 Å². The van der Waals surface area contributed by atoms with E-state index in [1.54, 1.807) is 40.1 Å². The van der Waals surface area contributed by atoms with Crippen LogP contribution in [0.25, 0.3) is 5.69 Å². The van der Waals surface area contributed by atoms with Crippen molar-refractivity contribution >= 4 is 23.6 Å². The zero-order valence-corrected chi connectivity index (χ0v) is 17.7. The SMILES string of the molecule is Cc1c(C(=O)N2CCC(N3C(=O)N=C4C=CC=CC4C3=O)CC2)cnn1-c1ccccc1. The van der Waals surface area contributed by atoms with Crippen molar-refractivity contribution < 1.29 is 14.4 Å². The molecule has 1 aromatic carbocycles. The standard InChI is InChI=1S/C24H23N5O3/c1-16-20(15-25-29(16)18-7-3-2-4-8-18)22(30)27-13-11-17(12-14-27)28-23(31)19-9-5-6-10-21(19)26-24(28)32/h2-10,15,17,19H,11-14H2,1H3. The van der Waals surface area contributed by atoms with E-state index in [0.29, 0.717) is 37.2 Å². The monoisotopic (exact) mass is 429 g/mol. The summed E-state index contributed by atoms with van der Waals surface area (Å²) >= 11 is 0. The number of rotatable bonds is 3. The molecule has 1 unspecified atom stereocenters. The molecule has 32 heavy (non-hydrogen) atoms. The molecule has 4 amide bonds.